The second-order valence-electron chi connectivity index (χ2n) is 4.29. The van der Waals surface area contributed by atoms with Crippen LogP contribution in [0.5, 0.6) is 0 Å². The summed E-state index contributed by atoms with van der Waals surface area (Å²) in [6.07, 6.45) is -3.15. The molecule has 0 radical (unpaired) electrons. The number of nitrogens with zero attached hydrogens (tertiary/aromatic N) is 1. The van der Waals surface area contributed by atoms with E-state index in [0.29, 0.717) is 0 Å². The van der Waals surface area contributed by atoms with Crippen molar-refractivity contribution in [3.8, 4) is 0 Å². The van der Waals surface area contributed by atoms with Gasteiger partial charge in [0.2, 0.25) is 0 Å². The van der Waals surface area contributed by atoms with Gasteiger partial charge in [0.25, 0.3) is 0 Å². The van der Waals surface area contributed by atoms with Gasteiger partial charge in [0.05, 0.1) is 11.5 Å². The molecule has 0 unspecified atom stereocenters. The monoisotopic (exact) mass is 295 g/mol. The van der Waals surface area contributed by atoms with Crippen molar-refractivity contribution >= 4 is 17.5 Å². The first kappa shape index (κ1) is 14.8. The lowest BCUT2D eigenvalue weighted by Crippen LogP contribution is -2.23. The van der Waals surface area contributed by atoms with Crippen LogP contribution in [0.15, 0.2) is 36.5 Å². The number of anilines is 2. The van der Waals surface area contributed by atoms with Crippen LogP contribution in [0, 0.1) is 6.92 Å². The van der Waals surface area contributed by atoms with Gasteiger partial charge in [-0.2, -0.15) is 13.2 Å². The third-order valence-electron chi connectivity index (χ3n) is 2.92. The molecule has 2 rings (SSSR count). The number of halogens is 3. The van der Waals surface area contributed by atoms with Crippen molar-refractivity contribution in [1.82, 2.24) is 4.98 Å². The summed E-state index contributed by atoms with van der Waals surface area (Å²) in [5.74, 6) is -1.53. The van der Waals surface area contributed by atoms with Crippen LogP contribution in [0.25, 0.3) is 0 Å². The number of hydrogen-bond acceptors (Lipinski definition) is 4. The van der Waals surface area contributed by atoms with Gasteiger partial charge >= 0.3 is 6.18 Å². The SMILES string of the molecule is Cc1c(Nc2ncccc2C(=O)[O-])cccc1C(F)(F)F. The first-order valence-corrected chi connectivity index (χ1v) is 5.91. The van der Waals surface area contributed by atoms with E-state index >= 15 is 0 Å². The highest BCUT2D eigenvalue weighted by atomic mass is 19.4. The standard InChI is InChI=1S/C14H11F3N2O2/c1-8-10(14(15,16)17)5-2-6-11(8)19-12-9(13(20)21)4-3-7-18-12/h2-7H,1H3,(H,18,19)(H,20,21)/p-1. The maximum atomic E-state index is 12.8. The average molecular weight is 295 g/mol. The molecular weight excluding hydrogens is 285 g/mol. The van der Waals surface area contributed by atoms with Crippen LogP contribution >= 0.6 is 0 Å². The van der Waals surface area contributed by atoms with Crippen LogP contribution in [0.1, 0.15) is 21.5 Å². The number of carboxylic acid groups (broad SMARTS) is 1. The summed E-state index contributed by atoms with van der Waals surface area (Å²) >= 11 is 0. The third kappa shape index (κ3) is 3.13. The number of alkyl halides is 3. The van der Waals surface area contributed by atoms with E-state index in [2.05, 4.69) is 10.3 Å². The molecule has 1 aromatic carbocycles. The molecule has 1 heterocycles. The summed E-state index contributed by atoms with van der Waals surface area (Å²) in [7, 11) is 0. The number of hydrogen-bond donors (Lipinski definition) is 1. The minimum Gasteiger partial charge on any atom is -0.545 e. The molecule has 0 bridgehead atoms. The van der Waals surface area contributed by atoms with E-state index in [1.807, 2.05) is 0 Å². The smallest absolute Gasteiger partial charge is 0.416 e. The van der Waals surface area contributed by atoms with Crippen LogP contribution in [0.2, 0.25) is 0 Å². The van der Waals surface area contributed by atoms with Crippen molar-refractivity contribution < 1.29 is 23.1 Å². The van der Waals surface area contributed by atoms with Gasteiger partial charge in [-0.3, -0.25) is 0 Å². The van der Waals surface area contributed by atoms with Crippen molar-refractivity contribution in [3.05, 3.63) is 53.2 Å². The van der Waals surface area contributed by atoms with Crippen molar-refractivity contribution in [1.29, 1.82) is 0 Å². The van der Waals surface area contributed by atoms with E-state index in [1.54, 1.807) is 0 Å². The van der Waals surface area contributed by atoms with E-state index in [9.17, 15) is 23.1 Å². The van der Waals surface area contributed by atoms with Gasteiger partial charge in [0, 0.05) is 17.4 Å². The number of pyridine rings is 1. The van der Waals surface area contributed by atoms with Crippen LogP contribution in [-0.2, 0) is 6.18 Å². The molecule has 0 aliphatic heterocycles. The summed E-state index contributed by atoms with van der Waals surface area (Å²) in [6, 6.07) is 6.26. The van der Waals surface area contributed by atoms with Gasteiger partial charge in [0.15, 0.2) is 0 Å². The third-order valence-corrected chi connectivity index (χ3v) is 2.92. The summed E-state index contributed by atoms with van der Waals surface area (Å²) in [5.41, 5.74) is -0.932. The number of carbonyl (C=O) groups excluding carboxylic acids is 1. The quantitative estimate of drug-likeness (QED) is 0.945. The van der Waals surface area contributed by atoms with E-state index < -0.39 is 17.7 Å². The molecule has 0 amide bonds. The summed E-state index contributed by atoms with van der Waals surface area (Å²) < 4.78 is 38.5. The lowest BCUT2D eigenvalue weighted by Gasteiger charge is -2.16. The highest BCUT2D eigenvalue weighted by molar-refractivity contribution is 5.92. The molecule has 0 aliphatic carbocycles. The van der Waals surface area contributed by atoms with Crippen molar-refractivity contribution in [3.63, 3.8) is 0 Å². The van der Waals surface area contributed by atoms with Crippen molar-refractivity contribution in [2.24, 2.45) is 0 Å². The maximum absolute atomic E-state index is 12.8. The number of aromatic nitrogens is 1. The molecule has 1 N–H and O–H groups in total. The molecule has 0 saturated carbocycles. The van der Waals surface area contributed by atoms with Crippen molar-refractivity contribution in [2.75, 3.05) is 5.32 Å². The summed E-state index contributed by atoms with van der Waals surface area (Å²) in [4.78, 5) is 14.8. The fraction of sp³-hybridized carbons (Fsp3) is 0.143. The molecule has 0 atom stereocenters. The Labute approximate surface area is 118 Å². The molecule has 21 heavy (non-hydrogen) atoms. The minimum absolute atomic E-state index is 0.0417. The lowest BCUT2D eigenvalue weighted by atomic mass is 10.1. The predicted octanol–water partition coefficient (Wildman–Crippen LogP) is 2.52. The Morgan fingerprint density at radius 3 is 2.57 bits per heavy atom. The van der Waals surface area contributed by atoms with E-state index in [0.717, 1.165) is 6.07 Å². The highest BCUT2D eigenvalue weighted by Gasteiger charge is 2.32. The Balaban J connectivity index is 2.44. The Kier molecular flexibility index (Phi) is 3.84. The normalized spacial score (nSPS) is 11.2. The highest BCUT2D eigenvalue weighted by Crippen LogP contribution is 2.35. The molecular formula is C14H10F3N2O2-. The van der Waals surface area contributed by atoms with E-state index in [4.69, 9.17) is 0 Å². The minimum atomic E-state index is -4.48. The van der Waals surface area contributed by atoms with Crippen LogP contribution in [-0.4, -0.2) is 11.0 Å². The molecule has 110 valence electrons. The Morgan fingerprint density at radius 1 is 1.24 bits per heavy atom. The second-order valence-corrected chi connectivity index (χ2v) is 4.29. The number of carboxylic acids is 1. The first-order chi connectivity index (χ1) is 9.80. The molecule has 0 aliphatic rings. The predicted molar refractivity (Wildman–Crippen MR) is 68.0 cm³/mol. The Morgan fingerprint density at radius 2 is 1.95 bits per heavy atom. The molecule has 0 spiro atoms. The molecule has 1 aromatic heterocycles. The first-order valence-electron chi connectivity index (χ1n) is 5.91. The van der Waals surface area contributed by atoms with E-state index in [-0.39, 0.29) is 22.6 Å². The second kappa shape index (κ2) is 5.43. The van der Waals surface area contributed by atoms with Crippen LogP contribution in [0.3, 0.4) is 0 Å². The van der Waals surface area contributed by atoms with Gasteiger partial charge in [-0.15, -0.1) is 0 Å². The van der Waals surface area contributed by atoms with Gasteiger partial charge in [-0.25, -0.2) is 4.98 Å². The molecule has 0 saturated heterocycles. The number of benzene rings is 1. The zero-order valence-electron chi connectivity index (χ0n) is 10.9. The zero-order chi connectivity index (χ0) is 15.6. The van der Waals surface area contributed by atoms with Gasteiger partial charge in [-0.1, -0.05) is 6.07 Å². The van der Waals surface area contributed by atoms with Gasteiger partial charge in [0.1, 0.15) is 5.82 Å². The molecule has 4 nitrogen and oxygen atoms in total. The van der Waals surface area contributed by atoms with Crippen LogP contribution in [0.4, 0.5) is 24.7 Å². The number of carbonyl (C=O) groups is 1. The number of nitrogens with one attached hydrogen (secondary N) is 1. The van der Waals surface area contributed by atoms with Crippen LogP contribution < -0.4 is 10.4 Å². The fourth-order valence-electron chi connectivity index (χ4n) is 1.88. The van der Waals surface area contributed by atoms with E-state index in [1.165, 1.54) is 37.4 Å². The Bertz CT molecular complexity index is 684. The fourth-order valence-corrected chi connectivity index (χ4v) is 1.88. The number of rotatable bonds is 3. The zero-order valence-corrected chi connectivity index (χ0v) is 10.9. The summed E-state index contributed by atoms with van der Waals surface area (Å²) in [6.45, 7) is 1.30. The maximum Gasteiger partial charge on any atom is 0.416 e. The number of aromatic carboxylic acids is 1. The van der Waals surface area contributed by atoms with Crippen molar-refractivity contribution in [2.45, 2.75) is 13.1 Å². The molecule has 7 heteroatoms. The largest absolute Gasteiger partial charge is 0.545 e. The molecule has 2 aromatic rings. The van der Waals surface area contributed by atoms with Gasteiger partial charge < -0.3 is 15.2 Å². The Hall–Kier alpha value is -2.57. The molecule has 0 fully saturated rings. The average Bonchev–Trinajstić information content (AvgIpc) is 2.40. The topological polar surface area (TPSA) is 65.0 Å². The van der Waals surface area contributed by atoms with Gasteiger partial charge in [-0.05, 0) is 36.8 Å². The summed E-state index contributed by atoms with van der Waals surface area (Å²) in [5, 5.41) is 13.6. The lowest BCUT2D eigenvalue weighted by molar-refractivity contribution is -0.254.